The number of carbonyl (C=O) groups is 2. The second kappa shape index (κ2) is 15.2. The van der Waals surface area contributed by atoms with Gasteiger partial charge in [0.1, 0.15) is 12.6 Å². The summed E-state index contributed by atoms with van der Waals surface area (Å²) in [4.78, 5) is 30.0. The van der Waals surface area contributed by atoms with Gasteiger partial charge in [-0.05, 0) is 74.2 Å². The van der Waals surface area contributed by atoms with E-state index in [2.05, 4.69) is 5.32 Å². The Balaban J connectivity index is 1.82. The molecule has 9 heteroatoms. The van der Waals surface area contributed by atoms with Gasteiger partial charge in [-0.3, -0.25) is 13.9 Å². The van der Waals surface area contributed by atoms with Gasteiger partial charge >= 0.3 is 0 Å². The minimum absolute atomic E-state index is 0.0526. The summed E-state index contributed by atoms with van der Waals surface area (Å²) >= 11 is 6.32. The molecule has 0 aliphatic heterocycles. The van der Waals surface area contributed by atoms with Gasteiger partial charge in [-0.2, -0.15) is 0 Å². The lowest BCUT2D eigenvalue weighted by molar-refractivity contribution is -0.140. The summed E-state index contributed by atoms with van der Waals surface area (Å²) in [5.74, 6) is -0.832. The van der Waals surface area contributed by atoms with Crippen molar-refractivity contribution < 1.29 is 18.0 Å². The average molecular weight is 646 g/mol. The van der Waals surface area contributed by atoms with Gasteiger partial charge in [0, 0.05) is 24.0 Å². The second-order valence-electron chi connectivity index (χ2n) is 11.3. The fourth-order valence-corrected chi connectivity index (χ4v) is 6.71. The van der Waals surface area contributed by atoms with Crippen LogP contribution in [0.25, 0.3) is 0 Å². The lowest BCUT2D eigenvalue weighted by Gasteiger charge is -2.34. The van der Waals surface area contributed by atoms with Crippen LogP contribution in [0.1, 0.15) is 42.5 Å². The SMILES string of the molecule is CC[C@H](C)NC(=O)[C@H](Cc1ccccc1)N(Cc1cccc(Cl)c1)C(=O)CN(c1ccccc1C)S(=O)(=O)c1ccc(C)cc1. The van der Waals surface area contributed by atoms with Crippen LogP contribution >= 0.6 is 11.6 Å². The predicted molar refractivity (Wildman–Crippen MR) is 181 cm³/mol. The zero-order valence-electron chi connectivity index (χ0n) is 26.1. The maximum Gasteiger partial charge on any atom is 0.264 e. The minimum atomic E-state index is -4.17. The van der Waals surface area contributed by atoms with Crippen molar-refractivity contribution in [1.82, 2.24) is 10.2 Å². The van der Waals surface area contributed by atoms with E-state index in [0.29, 0.717) is 28.3 Å². The number of anilines is 1. The highest BCUT2D eigenvalue weighted by molar-refractivity contribution is 7.92. The van der Waals surface area contributed by atoms with Crippen LogP contribution in [0.3, 0.4) is 0 Å². The van der Waals surface area contributed by atoms with Crippen molar-refractivity contribution in [3.63, 3.8) is 0 Å². The number of nitrogens with zero attached hydrogens (tertiary/aromatic N) is 2. The first-order chi connectivity index (χ1) is 21.5. The quantitative estimate of drug-likeness (QED) is 0.175. The number of nitrogens with one attached hydrogen (secondary N) is 1. The molecule has 4 aromatic carbocycles. The molecule has 0 fully saturated rings. The van der Waals surface area contributed by atoms with Crippen LogP contribution in [0.15, 0.2) is 108 Å². The average Bonchev–Trinajstić information content (AvgIpc) is 3.02. The molecule has 0 aliphatic carbocycles. The largest absolute Gasteiger partial charge is 0.352 e. The molecule has 45 heavy (non-hydrogen) atoms. The van der Waals surface area contributed by atoms with E-state index in [-0.39, 0.29) is 29.8 Å². The molecule has 0 unspecified atom stereocenters. The fraction of sp³-hybridized carbons (Fsp3) is 0.278. The van der Waals surface area contributed by atoms with Crippen LogP contribution < -0.4 is 9.62 Å². The Kier molecular flexibility index (Phi) is 11.4. The van der Waals surface area contributed by atoms with Crippen LogP contribution in [0.2, 0.25) is 5.02 Å². The van der Waals surface area contributed by atoms with Crippen LogP contribution in [0.5, 0.6) is 0 Å². The molecule has 0 saturated heterocycles. The molecule has 7 nitrogen and oxygen atoms in total. The maximum atomic E-state index is 14.6. The normalized spacial score (nSPS) is 12.6. The second-order valence-corrected chi connectivity index (χ2v) is 13.6. The smallest absolute Gasteiger partial charge is 0.264 e. The van der Waals surface area contributed by atoms with Crippen molar-refractivity contribution in [2.24, 2.45) is 0 Å². The summed E-state index contributed by atoms with van der Waals surface area (Å²) in [5, 5.41) is 3.54. The minimum Gasteiger partial charge on any atom is -0.352 e. The van der Waals surface area contributed by atoms with E-state index >= 15 is 0 Å². The Hall–Kier alpha value is -4.14. The summed E-state index contributed by atoms with van der Waals surface area (Å²) < 4.78 is 29.5. The highest BCUT2D eigenvalue weighted by Gasteiger charge is 2.35. The lowest BCUT2D eigenvalue weighted by atomic mass is 10.0. The Labute approximate surface area is 271 Å². The Morgan fingerprint density at radius 2 is 1.49 bits per heavy atom. The molecule has 236 valence electrons. The Morgan fingerprint density at radius 3 is 2.13 bits per heavy atom. The summed E-state index contributed by atoms with van der Waals surface area (Å²) in [5.41, 5.74) is 3.58. The van der Waals surface area contributed by atoms with Crippen molar-refractivity contribution in [2.45, 2.75) is 64.1 Å². The number of hydrogen-bond acceptors (Lipinski definition) is 4. The van der Waals surface area contributed by atoms with Crippen LogP contribution in [0, 0.1) is 13.8 Å². The number of para-hydroxylation sites is 1. The molecule has 2 atom stereocenters. The third-order valence-electron chi connectivity index (χ3n) is 7.79. The van der Waals surface area contributed by atoms with E-state index in [9.17, 15) is 18.0 Å². The number of benzene rings is 4. The molecule has 4 aromatic rings. The topological polar surface area (TPSA) is 86.8 Å². The third-order valence-corrected chi connectivity index (χ3v) is 9.80. The van der Waals surface area contributed by atoms with Gasteiger partial charge in [-0.1, -0.05) is 96.9 Å². The molecule has 0 aliphatic rings. The molecular weight excluding hydrogens is 606 g/mol. The van der Waals surface area contributed by atoms with Crippen molar-refractivity contribution in [3.05, 3.63) is 130 Å². The summed E-state index contributed by atoms with van der Waals surface area (Å²) in [6, 6.07) is 29.1. The van der Waals surface area contributed by atoms with E-state index in [4.69, 9.17) is 11.6 Å². The van der Waals surface area contributed by atoms with Crippen molar-refractivity contribution in [2.75, 3.05) is 10.8 Å². The fourth-order valence-electron chi connectivity index (χ4n) is 5.02. The van der Waals surface area contributed by atoms with Gasteiger partial charge in [0.2, 0.25) is 11.8 Å². The first-order valence-electron chi connectivity index (χ1n) is 15.0. The summed E-state index contributed by atoms with van der Waals surface area (Å²) in [6.45, 7) is 7.11. The molecular formula is C36H40ClN3O4S. The van der Waals surface area contributed by atoms with E-state index in [1.807, 2.05) is 63.2 Å². The number of hydrogen-bond donors (Lipinski definition) is 1. The molecule has 0 spiro atoms. The van der Waals surface area contributed by atoms with Crippen LogP contribution in [-0.2, 0) is 32.6 Å². The van der Waals surface area contributed by atoms with Gasteiger partial charge in [-0.25, -0.2) is 8.42 Å². The predicted octanol–water partition coefficient (Wildman–Crippen LogP) is 6.71. The number of rotatable bonds is 13. The van der Waals surface area contributed by atoms with Crippen LogP contribution in [-0.4, -0.2) is 43.8 Å². The monoisotopic (exact) mass is 645 g/mol. The molecule has 0 aromatic heterocycles. The van der Waals surface area contributed by atoms with E-state index in [1.165, 1.54) is 4.90 Å². The first kappa shape index (κ1) is 33.7. The molecule has 1 N–H and O–H groups in total. The number of halogens is 1. The lowest BCUT2D eigenvalue weighted by Crippen LogP contribution is -2.54. The van der Waals surface area contributed by atoms with Crippen molar-refractivity contribution in [1.29, 1.82) is 0 Å². The van der Waals surface area contributed by atoms with Gasteiger partial charge in [-0.15, -0.1) is 0 Å². The molecule has 0 heterocycles. The Morgan fingerprint density at radius 1 is 0.844 bits per heavy atom. The highest BCUT2D eigenvalue weighted by Crippen LogP contribution is 2.28. The Bertz CT molecular complexity index is 1710. The third kappa shape index (κ3) is 8.74. The maximum absolute atomic E-state index is 14.6. The number of carbonyl (C=O) groups excluding carboxylic acids is 2. The number of sulfonamides is 1. The van der Waals surface area contributed by atoms with Gasteiger partial charge < -0.3 is 10.2 Å². The molecule has 0 saturated carbocycles. The first-order valence-corrected chi connectivity index (χ1v) is 16.8. The number of amides is 2. The van der Waals surface area contributed by atoms with Gasteiger partial charge in [0.15, 0.2) is 0 Å². The van der Waals surface area contributed by atoms with E-state index < -0.39 is 28.5 Å². The van der Waals surface area contributed by atoms with Crippen LogP contribution in [0.4, 0.5) is 5.69 Å². The molecule has 4 rings (SSSR count). The van der Waals surface area contributed by atoms with E-state index in [1.54, 1.807) is 67.6 Å². The van der Waals surface area contributed by atoms with E-state index in [0.717, 1.165) is 15.4 Å². The van der Waals surface area contributed by atoms with Gasteiger partial charge in [0.05, 0.1) is 10.6 Å². The zero-order chi connectivity index (χ0) is 32.6. The molecule has 2 amide bonds. The molecule has 0 bridgehead atoms. The summed E-state index contributed by atoms with van der Waals surface area (Å²) in [7, 11) is -4.17. The van der Waals surface area contributed by atoms with Crippen molar-refractivity contribution in [3.8, 4) is 0 Å². The van der Waals surface area contributed by atoms with Gasteiger partial charge in [0.25, 0.3) is 10.0 Å². The zero-order valence-corrected chi connectivity index (χ0v) is 27.7. The summed E-state index contributed by atoms with van der Waals surface area (Å²) in [6.07, 6.45) is 0.951. The standard InChI is InChI=1S/C36H40ClN3O4S/c1-5-28(4)38-36(42)34(23-29-13-7-6-8-14-29)39(24-30-15-11-16-31(37)22-30)35(41)25-40(33-17-10-9-12-27(33)3)45(43,44)32-20-18-26(2)19-21-32/h6-22,28,34H,5,23-25H2,1-4H3,(H,38,42)/t28-,34-/m0/s1. The highest BCUT2D eigenvalue weighted by atomic mass is 35.5. The van der Waals surface area contributed by atoms with Crippen molar-refractivity contribution >= 4 is 39.1 Å². The molecule has 0 radical (unpaired) electrons. The number of aryl methyl sites for hydroxylation is 2.